The van der Waals surface area contributed by atoms with Gasteiger partial charge in [-0.05, 0) is 38.4 Å². The van der Waals surface area contributed by atoms with Crippen molar-refractivity contribution >= 4 is 0 Å². The van der Waals surface area contributed by atoms with Crippen LogP contribution < -0.4 is 5.32 Å². The predicted molar refractivity (Wildman–Crippen MR) is 74.9 cm³/mol. The van der Waals surface area contributed by atoms with Gasteiger partial charge in [-0.3, -0.25) is 9.88 Å². The number of aromatic nitrogens is 1. The molecule has 0 aliphatic carbocycles. The molecule has 2 bridgehead atoms. The highest BCUT2D eigenvalue weighted by atomic mass is 19.1. The van der Waals surface area contributed by atoms with Crippen LogP contribution in [0.15, 0.2) is 18.3 Å². The van der Waals surface area contributed by atoms with Crippen LogP contribution >= 0.6 is 0 Å². The van der Waals surface area contributed by atoms with E-state index >= 15 is 0 Å². The number of hydrogen-bond acceptors (Lipinski definition) is 4. The number of likely N-dealkylation sites (tertiary alicyclic amines) is 1. The maximum absolute atomic E-state index is 12.9. The number of nitrogens with one attached hydrogen (secondary N) is 1. The van der Waals surface area contributed by atoms with Crippen LogP contribution in [0.3, 0.4) is 0 Å². The standard InChI is InChI=1S/C15H22FN3O/c1-17-14(15-5-2-11(16)8-18-15)6-7-19-9-12-3-4-13(10-19)20-12/h2,5,8,12-14,17H,3-4,6-7,9-10H2,1H3. The normalized spacial score (nSPS) is 27.7. The molecule has 3 atom stereocenters. The molecule has 20 heavy (non-hydrogen) atoms. The Morgan fingerprint density at radius 1 is 1.40 bits per heavy atom. The van der Waals surface area contributed by atoms with Crippen LogP contribution in [0.2, 0.25) is 0 Å². The molecule has 0 saturated carbocycles. The van der Waals surface area contributed by atoms with Crippen molar-refractivity contribution in [1.82, 2.24) is 15.2 Å². The maximum atomic E-state index is 12.9. The molecule has 2 fully saturated rings. The van der Waals surface area contributed by atoms with Gasteiger partial charge in [0.05, 0.1) is 30.1 Å². The van der Waals surface area contributed by atoms with E-state index in [1.54, 1.807) is 6.07 Å². The molecule has 0 spiro atoms. The van der Waals surface area contributed by atoms with E-state index in [9.17, 15) is 4.39 Å². The highest BCUT2D eigenvalue weighted by Crippen LogP contribution is 2.27. The van der Waals surface area contributed by atoms with Gasteiger partial charge in [-0.25, -0.2) is 4.39 Å². The first kappa shape index (κ1) is 13.9. The lowest BCUT2D eigenvalue weighted by molar-refractivity contribution is -0.0390. The minimum Gasteiger partial charge on any atom is -0.372 e. The van der Waals surface area contributed by atoms with Crippen molar-refractivity contribution in [2.45, 2.75) is 37.5 Å². The van der Waals surface area contributed by atoms with Gasteiger partial charge < -0.3 is 10.1 Å². The van der Waals surface area contributed by atoms with Crippen LogP contribution in [0, 0.1) is 5.82 Å². The van der Waals surface area contributed by atoms with Crippen LogP contribution in [0.4, 0.5) is 4.39 Å². The number of fused-ring (bicyclic) bond motifs is 2. The lowest BCUT2D eigenvalue weighted by atomic mass is 10.1. The third kappa shape index (κ3) is 3.16. The van der Waals surface area contributed by atoms with Crippen molar-refractivity contribution < 1.29 is 9.13 Å². The fourth-order valence-corrected chi connectivity index (χ4v) is 3.23. The Hall–Kier alpha value is -1.04. The molecule has 1 aromatic heterocycles. The average Bonchev–Trinajstić information content (AvgIpc) is 2.80. The number of morpholine rings is 1. The van der Waals surface area contributed by atoms with E-state index in [-0.39, 0.29) is 11.9 Å². The van der Waals surface area contributed by atoms with Crippen molar-refractivity contribution in [2.24, 2.45) is 0 Å². The molecule has 0 amide bonds. The lowest BCUT2D eigenvalue weighted by Gasteiger charge is -2.32. The lowest BCUT2D eigenvalue weighted by Crippen LogP contribution is -2.43. The number of halogens is 1. The monoisotopic (exact) mass is 279 g/mol. The fraction of sp³-hybridized carbons (Fsp3) is 0.667. The fourth-order valence-electron chi connectivity index (χ4n) is 3.23. The van der Waals surface area contributed by atoms with Crippen molar-refractivity contribution in [1.29, 1.82) is 0 Å². The molecule has 0 radical (unpaired) electrons. The molecule has 5 heteroatoms. The van der Waals surface area contributed by atoms with Crippen LogP contribution in [0.5, 0.6) is 0 Å². The van der Waals surface area contributed by atoms with Crippen molar-refractivity contribution in [3.8, 4) is 0 Å². The largest absolute Gasteiger partial charge is 0.372 e. The van der Waals surface area contributed by atoms with Crippen LogP contribution in [0.1, 0.15) is 31.0 Å². The molecule has 4 nitrogen and oxygen atoms in total. The van der Waals surface area contributed by atoms with Gasteiger partial charge in [0.25, 0.3) is 0 Å². The Morgan fingerprint density at radius 3 is 2.75 bits per heavy atom. The van der Waals surface area contributed by atoms with E-state index in [1.807, 2.05) is 7.05 Å². The molecular formula is C15H22FN3O. The minimum atomic E-state index is -0.284. The molecule has 1 N–H and O–H groups in total. The van der Waals surface area contributed by atoms with E-state index in [4.69, 9.17) is 4.74 Å². The number of pyridine rings is 1. The topological polar surface area (TPSA) is 37.4 Å². The van der Waals surface area contributed by atoms with Gasteiger partial charge in [0.2, 0.25) is 0 Å². The summed E-state index contributed by atoms with van der Waals surface area (Å²) < 4.78 is 18.8. The summed E-state index contributed by atoms with van der Waals surface area (Å²) in [5, 5.41) is 3.27. The molecule has 2 aliphatic heterocycles. The van der Waals surface area contributed by atoms with Crippen molar-refractivity contribution in [2.75, 3.05) is 26.7 Å². The van der Waals surface area contributed by atoms with E-state index in [0.29, 0.717) is 12.2 Å². The van der Waals surface area contributed by atoms with Crippen LogP contribution in [-0.2, 0) is 4.74 Å². The third-order valence-corrected chi connectivity index (χ3v) is 4.31. The molecule has 110 valence electrons. The van der Waals surface area contributed by atoms with E-state index in [2.05, 4.69) is 15.2 Å². The summed E-state index contributed by atoms with van der Waals surface area (Å²) in [7, 11) is 1.93. The summed E-state index contributed by atoms with van der Waals surface area (Å²) in [6, 6.07) is 3.41. The predicted octanol–water partition coefficient (Wildman–Crippen LogP) is 1.73. The van der Waals surface area contributed by atoms with Gasteiger partial charge in [0, 0.05) is 19.6 Å². The second-order valence-corrected chi connectivity index (χ2v) is 5.75. The first-order chi connectivity index (χ1) is 9.74. The molecular weight excluding hydrogens is 257 g/mol. The Kier molecular flexibility index (Phi) is 4.29. The number of hydrogen-bond donors (Lipinski definition) is 1. The second-order valence-electron chi connectivity index (χ2n) is 5.75. The van der Waals surface area contributed by atoms with Crippen molar-refractivity contribution in [3.63, 3.8) is 0 Å². The summed E-state index contributed by atoms with van der Waals surface area (Å²) in [6.45, 7) is 3.12. The number of rotatable bonds is 5. The van der Waals surface area contributed by atoms with E-state index in [1.165, 1.54) is 25.1 Å². The molecule has 2 saturated heterocycles. The van der Waals surface area contributed by atoms with Gasteiger partial charge in [-0.1, -0.05) is 0 Å². The smallest absolute Gasteiger partial charge is 0.141 e. The van der Waals surface area contributed by atoms with Gasteiger partial charge >= 0.3 is 0 Å². The van der Waals surface area contributed by atoms with Crippen LogP contribution in [0.25, 0.3) is 0 Å². The van der Waals surface area contributed by atoms with Crippen molar-refractivity contribution in [3.05, 3.63) is 29.8 Å². The number of nitrogens with zero attached hydrogens (tertiary/aromatic N) is 2. The zero-order valence-corrected chi connectivity index (χ0v) is 11.9. The third-order valence-electron chi connectivity index (χ3n) is 4.31. The zero-order chi connectivity index (χ0) is 13.9. The van der Waals surface area contributed by atoms with E-state index in [0.717, 1.165) is 31.7 Å². The maximum Gasteiger partial charge on any atom is 0.141 e. The zero-order valence-electron chi connectivity index (χ0n) is 11.9. The summed E-state index contributed by atoms with van der Waals surface area (Å²) in [5.41, 5.74) is 0.908. The number of ether oxygens (including phenoxy) is 1. The van der Waals surface area contributed by atoms with Gasteiger partial charge in [-0.2, -0.15) is 0 Å². The first-order valence-electron chi connectivity index (χ1n) is 7.41. The molecule has 3 unspecified atom stereocenters. The summed E-state index contributed by atoms with van der Waals surface area (Å²) in [5.74, 6) is -0.284. The molecule has 2 aliphatic rings. The Balaban J connectivity index is 1.54. The summed E-state index contributed by atoms with van der Waals surface area (Å²) in [4.78, 5) is 6.66. The van der Waals surface area contributed by atoms with Crippen LogP contribution in [-0.4, -0.2) is 48.8 Å². The average molecular weight is 279 g/mol. The molecule has 3 rings (SSSR count). The quantitative estimate of drug-likeness (QED) is 0.891. The van der Waals surface area contributed by atoms with Gasteiger partial charge in [0.15, 0.2) is 0 Å². The molecule has 3 heterocycles. The first-order valence-corrected chi connectivity index (χ1v) is 7.41. The van der Waals surface area contributed by atoms with Gasteiger partial charge in [-0.15, -0.1) is 0 Å². The van der Waals surface area contributed by atoms with E-state index < -0.39 is 0 Å². The highest BCUT2D eigenvalue weighted by molar-refractivity contribution is 5.09. The molecule has 0 aromatic carbocycles. The Bertz CT molecular complexity index is 427. The second kappa shape index (κ2) is 6.16. The minimum absolute atomic E-state index is 0.177. The Labute approximate surface area is 119 Å². The summed E-state index contributed by atoms with van der Waals surface area (Å²) >= 11 is 0. The highest BCUT2D eigenvalue weighted by Gasteiger charge is 2.33. The van der Waals surface area contributed by atoms with Gasteiger partial charge in [0.1, 0.15) is 5.82 Å². The molecule has 1 aromatic rings. The SMILES string of the molecule is CNC(CCN1CC2CCC(C1)O2)c1ccc(F)cn1. The summed E-state index contributed by atoms with van der Waals surface area (Å²) in [6.07, 6.45) is 5.55. The Morgan fingerprint density at radius 2 is 2.15 bits per heavy atom.